The van der Waals surface area contributed by atoms with Crippen LogP contribution in [0.3, 0.4) is 0 Å². The first-order valence-corrected chi connectivity index (χ1v) is 4.35. The maximum Gasteiger partial charge on any atom is 0.573 e. The second-order valence-electron chi connectivity index (χ2n) is 2.41. The molecule has 1 aromatic rings. The summed E-state index contributed by atoms with van der Waals surface area (Å²) in [4.78, 5) is 2.07. The number of alkyl halides is 3. The second-order valence-corrected chi connectivity index (χ2v) is 3.01. The number of nitrogens with one attached hydrogen (secondary N) is 2. The third-order valence-electron chi connectivity index (χ3n) is 1.36. The Kier molecular flexibility index (Phi) is 3.90. The van der Waals surface area contributed by atoms with Gasteiger partial charge in [0.05, 0.1) is 10.7 Å². The molecule has 0 unspecified atom stereocenters. The smallest absolute Gasteiger partial charge is 0.406 e. The summed E-state index contributed by atoms with van der Waals surface area (Å²) in [5.74, 6) is -0.396. The zero-order valence-corrected chi connectivity index (χ0v) is 8.54. The molecule has 84 valence electrons. The number of rotatable bonds is 3. The quantitative estimate of drug-likeness (QED) is 0.646. The molecule has 0 fully saturated rings. The lowest BCUT2D eigenvalue weighted by Crippen LogP contribution is -2.17. The number of benzene rings is 1. The number of anilines is 1. The minimum absolute atomic E-state index is 0.0462. The highest BCUT2D eigenvalue weighted by Crippen LogP contribution is 2.29. The van der Waals surface area contributed by atoms with Gasteiger partial charge in [-0.3, -0.25) is 0 Å². The SMILES string of the molecule is FC(F)(F)Oc1ccc(NNCl)c(Cl)c1. The molecule has 8 heteroatoms. The predicted molar refractivity (Wildman–Crippen MR) is 50.7 cm³/mol. The molecule has 0 spiro atoms. The molecule has 0 saturated carbocycles. The van der Waals surface area contributed by atoms with Crippen molar-refractivity contribution >= 4 is 29.1 Å². The van der Waals surface area contributed by atoms with E-state index in [-0.39, 0.29) is 5.02 Å². The Bertz CT molecular complexity index is 345. The number of hydrazine groups is 1. The molecule has 2 N–H and O–H groups in total. The van der Waals surface area contributed by atoms with Crippen molar-refractivity contribution in [1.29, 1.82) is 0 Å². The predicted octanol–water partition coefficient (Wildman–Crippen LogP) is 3.31. The fourth-order valence-corrected chi connectivity index (χ4v) is 1.16. The van der Waals surface area contributed by atoms with Crippen LogP contribution in [0.4, 0.5) is 18.9 Å². The molecule has 0 radical (unpaired) electrons. The molecular formula is C7H5Cl2F3N2O. The van der Waals surface area contributed by atoms with Crippen molar-refractivity contribution in [2.45, 2.75) is 6.36 Å². The van der Waals surface area contributed by atoms with Gasteiger partial charge in [0.25, 0.3) is 0 Å². The Balaban J connectivity index is 2.82. The van der Waals surface area contributed by atoms with Crippen molar-refractivity contribution in [1.82, 2.24) is 4.94 Å². The van der Waals surface area contributed by atoms with Crippen molar-refractivity contribution in [3.05, 3.63) is 23.2 Å². The first-order chi connectivity index (χ1) is 6.92. The Morgan fingerprint density at radius 3 is 2.40 bits per heavy atom. The van der Waals surface area contributed by atoms with Crippen LogP contribution in [0.2, 0.25) is 5.02 Å². The molecule has 0 aromatic heterocycles. The van der Waals surface area contributed by atoms with Crippen LogP contribution in [0.5, 0.6) is 5.75 Å². The molecule has 0 amide bonds. The lowest BCUT2D eigenvalue weighted by molar-refractivity contribution is -0.274. The van der Waals surface area contributed by atoms with Crippen LogP contribution in [0.15, 0.2) is 18.2 Å². The van der Waals surface area contributed by atoms with Gasteiger partial charge in [-0.15, -0.1) is 18.1 Å². The molecule has 0 bridgehead atoms. The van der Waals surface area contributed by atoms with Gasteiger partial charge in [0, 0.05) is 6.07 Å². The van der Waals surface area contributed by atoms with Gasteiger partial charge >= 0.3 is 6.36 Å². The van der Waals surface area contributed by atoms with Gasteiger partial charge in [0.15, 0.2) is 0 Å². The van der Waals surface area contributed by atoms with E-state index in [0.29, 0.717) is 5.69 Å². The van der Waals surface area contributed by atoms with Gasteiger partial charge in [0.1, 0.15) is 5.75 Å². The van der Waals surface area contributed by atoms with Gasteiger partial charge in [-0.2, -0.15) is 0 Å². The normalized spacial score (nSPS) is 11.3. The van der Waals surface area contributed by atoms with Crippen LogP contribution in [-0.4, -0.2) is 6.36 Å². The number of hydrogen-bond acceptors (Lipinski definition) is 3. The Morgan fingerprint density at radius 1 is 1.27 bits per heavy atom. The highest BCUT2D eigenvalue weighted by Gasteiger charge is 2.31. The fourth-order valence-electron chi connectivity index (χ4n) is 0.845. The van der Waals surface area contributed by atoms with Crippen molar-refractivity contribution in [3.8, 4) is 5.75 Å². The average molecular weight is 261 g/mol. The monoisotopic (exact) mass is 260 g/mol. The van der Waals surface area contributed by atoms with Crippen LogP contribution in [0.1, 0.15) is 0 Å². The standard InChI is InChI=1S/C7H5Cl2F3N2O/c8-5-3-4(15-7(10,11)12)1-2-6(5)13-14-9/h1-3,13-14H. The van der Waals surface area contributed by atoms with Crippen LogP contribution in [-0.2, 0) is 0 Å². The summed E-state index contributed by atoms with van der Waals surface area (Å²) in [5, 5.41) is 0.0462. The third kappa shape index (κ3) is 4.03. The molecule has 3 nitrogen and oxygen atoms in total. The van der Waals surface area contributed by atoms with E-state index in [0.717, 1.165) is 12.1 Å². The highest BCUT2D eigenvalue weighted by molar-refractivity contribution is 6.33. The molecule has 15 heavy (non-hydrogen) atoms. The highest BCUT2D eigenvalue weighted by atomic mass is 35.5. The van der Waals surface area contributed by atoms with Gasteiger partial charge in [-0.05, 0) is 23.9 Å². The molecule has 0 atom stereocenters. The maximum atomic E-state index is 11.8. The topological polar surface area (TPSA) is 33.3 Å². The molecule has 1 aromatic carbocycles. The van der Waals surface area contributed by atoms with Crippen molar-refractivity contribution < 1.29 is 17.9 Å². The number of ether oxygens (including phenoxy) is 1. The Morgan fingerprint density at radius 2 is 1.93 bits per heavy atom. The first-order valence-electron chi connectivity index (χ1n) is 3.59. The summed E-state index contributed by atoms with van der Waals surface area (Å²) < 4.78 is 39.1. The van der Waals surface area contributed by atoms with Gasteiger partial charge < -0.3 is 10.2 Å². The summed E-state index contributed by atoms with van der Waals surface area (Å²) >= 11 is 10.8. The molecule has 0 saturated heterocycles. The third-order valence-corrected chi connectivity index (χ3v) is 1.76. The van der Waals surface area contributed by atoms with Crippen molar-refractivity contribution in [2.24, 2.45) is 0 Å². The minimum atomic E-state index is -4.73. The molecule has 1 rings (SSSR count). The first kappa shape index (κ1) is 12.2. The average Bonchev–Trinajstić information content (AvgIpc) is 2.07. The second kappa shape index (κ2) is 4.78. The molecular weight excluding hydrogens is 256 g/mol. The summed E-state index contributed by atoms with van der Waals surface area (Å²) in [5.41, 5.74) is 2.75. The fraction of sp³-hybridized carbons (Fsp3) is 0.143. The lowest BCUT2D eigenvalue weighted by Gasteiger charge is -2.10. The molecule has 0 heterocycles. The molecule has 0 aliphatic carbocycles. The summed E-state index contributed by atoms with van der Waals surface area (Å²) in [6.45, 7) is 0. The van der Waals surface area contributed by atoms with Gasteiger partial charge in [-0.1, -0.05) is 11.6 Å². The van der Waals surface area contributed by atoms with E-state index in [2.05, 4.69) is 15.1 Å². The van der Waals surface area contributed by atoms with Crippen LogP contribution >= 0.6 is 23.4 Å². The molecule has 0 aliphatic rings. The Labute approximate surface area is 93.2 Å². The van der Waals surface area contributed by atoms with E-state index in [4.69, 9.17) is 23.4 Å². The van der Waals surface area contributed by atoms with Gasteiger partial charge in [0.2, 0.25) is 0 Å². The maximum absolute atomic E-state index is 11.8. The van der Waals surface area contributed by atoms with Crippen LogP contribution in [0, 0.1) is 0 Å². The zero-order valence-electron chi connectivity index (χ0n) is 7.03. The van der Waals surface area contributed by atoms with E-state index in [1.807, 2.05) is 0 Å². The van der Waals surface area contributed by atoms with Gasteiger partial charge in [-0.25, -0.2) is 0 Å². The number of hydrogen-bond donors (Lipinski definition) is 2. The summed E-state index contributed by atoms with van der Waals surface area (Å²) in [6, 6.07) is 3.42. The van der Waals surface area contributed by atoms with Crippen LogP contribution in [0.25, 0.3) is 0 Å². The van der Waals surface area contributed by atoms with E-state index in [1.54, 1.807) is 0 Å². The van der Waals surface area contributed by atoms with E-state index < -0.39 is 12.1 Å². The van der Waals surface area contributed by atoms with Crippen LogP contribution < -0.4 is 15.1 Å². The number of halogens is 5. The van der Waals surface area contributed by atoms with E-state index in [1.165, 1.54) is 6.07 Å². The van der Waals surface area contributed by atoms with E-state index in [9.17, 15) is 13.2 Å². The summed E-state index contributed by atoms with van der Waals surface area (Å²) in [7, 11) is 0. The molecule has 0 aliphatic heterocycles. The van der Waals surface area contributed by atoms with E-state index >= 15 is 0 Å². The minimum Gasteiger partial charge on any atom is -0.406 e. The Hall–Kier alpha value is -0.850. The van der Waals surface area contributed by atoms with Crippen molar-refractivity contribution in [3.63, 3.8) is 0 Å². The van der Waals surface area contributed by atoms with Crippen molar-refractivity contribution in [2.75, 3.05) is 5.43 Å². The summed E-state index contributed by atoms with van der Waals surface area (Å²) in [6.07, 6.45) is -4.73. The zero-order chi connectivity index (χ0) is 11.5. The lowest BCUT2D eigenvalue weighted by atomic mass is 10.3. The largest absolute Gasteiger partial charge is 0.573 e.